The number of carbonyl (C=O) groups excluding carboxylic acids is 1. The van der Waals surface area contributed by atoms with E-state index in [0.29, 0.717) is 48.9 Å². The van der Waals surface area contributed by atoms with Crippen molar-refractivity contribution in [3.63, 3.8) is 0 Å². The standard InChI is InChI=1S/C22H22FN3O2/c1-14-6-7-16(12-19(14)23)25-21-17-5-3-4-15(2)20(17)18(13-24-21)22(27)26-8-10-28-11-9-26/h3-7,12-13H,8-11H2,1-2H3,(H,24,25). The Morgan fingerprint density at radius 1 is 1.14 bits per heavy atom. The number of benzene rings is 2. The number of fused-ring (bicyclic) bond motifs is 1. The van der Waals surface area contributed by atoms with E-state index in [2.05, 4.69) is 10.3 Å². The van der Waals surface area contributed by atoms with Gasteiger partial charge in [-0.15, -0.1) is 0 Å². The summed E-state index contributed by atoms with van der Waals surface area (Å²) in [4.78, 5) is 19.4. The van der Waals surface area contributed by atoms with Gasteiger partial charge in [0.2, 0.25) is 0 Å². The van der Waals surface area contributed by atoms with E-state index >= 15 is 0 Å². The van der Waals surface area contributed by atoms with Gasteiger partial charge >= 0.3 is 0 Å². The molecule has 1 N–H and O–H groups in total. The van der Waals surface area contributed by atoms with E-state index in [1.54, 1.807) is 24.1 Å². The largest absolute Gasteiger partial charge is 0.378 e. The predicted octanol–water partition coefficient (Wildman–Crippen LogP) is 4.21. The van der Waals surface area contributed by atoms with Crippen LogP contribution < -0.4 is 5.32 Å². The Morgan fingerprint density at radius 3 is 2.68 bits per heavy atom. The Balaban J connectivity index is 1.76. The van der Waals surface area contributed by atoms with Crippen LogP contribution in [0.1, 0.15) is 21.5 Å². The summed E-state index contributed by atoms with van der Waals surface area (Å²) in [5.41, 5.74) is 2.78. The SMILES string of the molecule is Cc1ccc(Nc2ncc(C(=O)N3CCOCC3)c3c(C)cccc23)cc1F. The summed E-state index contributed by atoms with van der Waals surface area (Å²) >= 11 is 0. The zero-order chi connectivity index (χ0) is 19.7. The number of aromatic nitrogens is 1. The van der Waals surface area contributed by atoms with Crippen molar-refractivity contribution >= 4 is 28.2 Å². The maximum atomic E-state index is 13.9. The predicted molar refractivity (Wildman–Crippen MR) is 108 cm³/mol. The van der Waals surface area contributed by atoms with Gasteiger partial charge in [0, 0.05) is 35.7 Å². The van der Waals surface area contributed by atoms with E-state index < -0.39 is 0 Å². The summed E-state index contributed by atoms with van der Waals surface area (Å²) in [6.07, 6.45) is 1.61. The maximum absolute atomic E-state index is 13.9. The highest BCUT2D eigenvalue weighted by molar-refractivity contribution is 6.10. The number of hydrogen-bond acceptors (Lipinski definition) is 4. The molecule has 2 heterocycles. The van der Waals surface area contributed by atoms with E-state index in [4.69, 9.17) is 4.74 Å². The van der Waals surface area contributed by atoms with E-state index in [-0.39, 0.29) is 11.7 Å². The smallest absolute Gasteiger partial charge is 0.256 e. The lowest BCUT2D eigenvalue weighted by Gasteiger charge is -2.27. The maximum Gasteiger partial charge on any atom is 0.256 e. The first-order chi connectivity index (χ1) is 13.5. The molecule has 1 aliphatic rings. The first-order valence-corrected chi connectivity index (χ1v) is 9.33. The van der Waals surface area contributed by atoms with Crippen LogP contribution in [0.4, 0.5) is 15.9 Å². The van der Waals surface area contributed by atoms with Gasteiger partial charge in [0.15, 0.2) is 0 Å². The molecular formula is C22H22FN3O2. The molecule has 0 bridgehead atoms. The first kappa shape index (κ1) is 18.4. The minimum Gasteiger partial charge on any atom is -0.378 e. The van der Waals surface area contributed by atoms with Gasteiger partial charge in [-0.3, -0.25) is 4.79 Å². The van der Waals surface area contributed by atoms with Crippen molar-refractivity contribution < 1.29 is 13.9 Å². The molecule has 0 radical (unpaired) electrons. The Bertz CT molecular complexity index is 1050. The van der Waals surface area contributed by atoms with E-state index in [1.165, 1.54) is 6.07 Å². The molecule has 3 aromatic rings. The number of nitrogens with one attached hydrogen (secondary N) is 1. The zero-order valence-corrected chi connectivity index (χ0v) is 16.0. The molecule has 28 heavy (non-hydrogen) atoms. The number of aryl methyl sites for hydroxylation is 2. The zero-order valence-electron chi connectivity index (χ0n) is 16.0. The van der Waals surface area contributed by atoms with Gasteiger partial charge in [0.1, 0.15) is 11.6 Å². The average molecular weight is 379 g/mol. The van der Waals surface area contributed by atoms with Crippen molar-refractivity contribution in [2.24, 2.45) is 0 Å². The van der Waals surface area contributed by atoms with Crippen LogP contribution in [0.3, 0.4) is 0 Å². The number of amides is 1. The normalized spacial score (nSPS) is 14.3. The molecule has 1 aromatic heterocycles. The van der Waals surface area contributed by atoms with Crippen LogP contribution in [0.2, 0.25) is 0 Å². The number of ether oxygens (including phenoxy) is 1. The fraction of sp³-hybridized carbons (Fsp3) is 0.273. The molecule has 4 rings (SSSR count). The van der Waals surface area contributed by atoms with E-state index in [1.807, 2.05) is 31.2 Å². The summed E-state index contributed by atoms with van der Waals surface area (Å²) in [7, 11) is 0. The molecule has 0 saturated carbocycles. The lowest BCUT2D eigenvalue weighted by Crippen LogP contribution is -2.40. The van der Waals surface area contributed by atoms with Gasteiger partial charge in [-0.05, 0) is 37.1 Å². The average Bonchev–Trinajstić information content (AvgIpc) is 2.71. The van der Waals surface area contributed by atoms with Crippen LogP contribution in [-0.2, 0) is 4.74 Å². The van der Waals surface area contributed by atoms with Gasteiger partial charge in [-0.25, -0.2) is 9.37 Å². The number of nitrogens with zero attached hydrogens (tertiary/aromatic N) is 2. The van der Waals surface area contributed by atoms with Crippen LogP contribution in [0.5, 0.6) is 0 Å². The Hall–Kier alpha value is -2.99. The van der Waals surface area contributed by atoms with Gasteiger partial charge in [-0.2, -0.15) is 0 Å². The molecule has 1 aliphatic heterocycles. The highest BCUT2D eigenvalue weighted by atomic mass is 19.1. The molecule has 2 aromatic carbocycles. The number of anilines is 2. The third-order valence-corrected chi connectivity index (χ3v) is 5.08. The second kappa shape index (κ2) is 7.56. The van der Waals surface area contributed by atoms with Crippen molar-refractivity contribution in [3.05, 3.63) is 65.1 Å². The minimum atomic E-state index is -0.274. The third-order valence-electron chi connectivity index (χ3n) is 5.08. The molecule has 6 heteroatoms. The molecule has 144 valence electrons. The quantitative estimate of drug-likeness (QED) is 0.741. The monoisotopic (exact) mass is 379 g/mol. The first-order valence-electron chi connectivity index (χ1n) is 9.33. The van der Waals surface area contributed by atoms with Gasteiger partial charge in [0.05, 0.1) is 18.8 Å². The summed E-state index contributed by atoms with van der Waals surface area (Å²) in [5, 5.41) is 4.89. The van der Waals surface area contributed by atoms with Crippen molar-refractivity contribution in [3.8, 4) is 0 Å². The lowest BCUT2D eigenvalue weighted by molar-refractivity contribution is 0.0304. The molecule has 5 nitrogen and oxygen atoms in total. The number of carbonyl (C=O) groups is 1. The molecule has 0 spiro atoms. The summed E-state index contributed by atoms with van der Waals surface area (Å²) in [6, 6.07) is 10.8. The summed E-state index contributed by atoms with van der Waals surface area (Å²) in [6.45, 7) is 5.96. The van der Waals surface area contributed by atoms with Gasteiger partial charge in [-0.1, -0.05) is 24.3 Å². The van der Waals surface area contributed by atoms with Gasteiger partial charge < -0.3 is 15.0 Å². The number of pyridine rings is 1. The van der Waals surface area contributed by atoms with Crippen LogP contribution in [0.25, 0.3) is 10.8 Å². The number of halogens is 1. The Kier molecular flexibility index (Phi) is 4.96. The van der Waals surface area contributed by atoms with Crippen molar-refractivity contribution in [1.82, 2.24) is 9.88 Å². The second-order valence-electron chi connectivity index (χ2n) is 7.01. The summed E-state index contributed by atoms with van der Waals surface area (Å²) < 4.78 is 19.3. The Labute approximate surface area is 163 Å². The lowest BCUT2D eigenvalue weighted by atomic mass is 10.0. The fourth-order valence-corrected chi connectivity index (χ4v) is 3.49. The van der Waals surface area contributed by atoms with Crippen LogP contribution in [-0.4, -0.2) is 42.1 Å². The van der Waals surface area contributed by atoms with E-state index in [9.17, 15) is 9.18 Å². The minimum absolute atomic E-state index is 0.0389. The molecule has 1 saturated heterocycles. The second-order valence-corrected chi connectivity index (χ2v) is 7.01. The molecule has 0 unspecified atom stereocenters. The van der Waals surface area contributed by atoms with Crippen LogP contribution in [0, 0.1) is 19.7 Å². The molecule has 0 aliphatic carbocycles. The van der Waals surface area contributed by atoms with Crippen molar-refractivity contribution in [2.45, 2.75) is 13.8 Å². The Morgan fingerprint density at radius 2 is 1.93 bits per heavy atom. The van der Waals surface area contributed by atoms with Gasteiger partial charge in [0.25, 0.3) is 5.91 Å². The van der Waals surface area contributed by atoms with Crippen LogP contribution >= 0.6 is 0 Å². The number of hydrogen-bond donors (Lipinski definition) is 1. The fourth-order valence-electron chi connectivity index (χ4n) is 3.49. The molecule has 1 amide bonds. The molecule has 0 atom stereocenters. The van der Waals surface area contributed by atoms with Crippen LogP contribution in [0.15, 0.2) is 42.6 Å². The van der Waals surface area contributed by atoms with Crippen molar-refractivity contribution in [2.75, 3.05) is 31.6 Å². The number of morpholine rings is 1. The summed E-state index contributed by atoms with van der Waals surface area (Å²) in [5.74, 6) is 0.285. The highest BCUT2D eigenvalue weighted by Crippen LogP contribution is 2.30. The van der Waals surface area contributed by atoms with E-state index in [0.717, 1.165) is 16.3 Å². The number of rotatable bonds is 3. The molecule has 1 fully saturated rings. The topological polar surface area (TPSA) is 54.5 Å². The van der Waals surface area contributed by atoms with Crippen molar-refractivity contribution in [1.29, 1.82) is 0 Å². The third kappa shape index (κ3) is 3.43. The molecular weight excluding hydrogens is 357 g/mol. The highest BCUT2D eigenvalue weighted by Gasteiger charge is 2.22.